The quantitative estimate of drug-likeness (QED) is 0.904. The molecule has 1 heterocycles. The summed E-state index contributed by atoms with van der Waals surface area (Å²) in [7, 11) is -3.69. The zero-order valence-electron chi connectivity index (χ0n) is 12.9. The minimum atomic E-state index is -3.69. The van der Waals surface area contributed by atoms with Gasteiger partial charge < -0.3 is 5.11 Å². The Morgan fingerprint density at radius 2 is 1.67 bits per heavy atom. The number of nitrogens with zero attached hydrogens (tertiary/aromatic N) is 1. The van der Waals surface area contributed by atoms with Gasteiger partial charge in [-0.25, -0.2) is 13.2 Å². The molecule has 5 nitrogen and oxygen atoms in total. The number of carboxylic acids is 1. The van der Waals surface area contributed by atoms with Crippen molar-refractivity contribution in [1.29, 1.82) is 0 Å². The molecule has 1 N–H and O–H groups in total. The van der Waals surface area contributed by atoms with Crippen LogP contribution in [0.15, 0.2) is 53.4 Å². The third-order valence-corrected chi connectivity index (χ3v) is 6.69. The molecule has 7 heteroatoms. The van der Waals surface area contributed by atoms with E-state index in [0.717, 1.165) is 17.1 Å². The van der Waals surface area contributed by atoms with Gasteiger partial charge in [0.2, 0.25) is 10.0 Å². The minimum absolute atomic E-state index is 0.0266. The van der Waals surface area contributed by atoms with Gasteiger partial charge in [-0.05, 0) is 29.3 Å². The molecular weight excluding hydrogens is 346 g/mol. The smallest absolute Gasteiger partial charge is 0.335 e. The second-order valence-corrected chi connectivity index (χ2v) is 8.60. The fraction of sp³-hybridized carbons (Fsp3) is 0.235. The molecule has 1 aliphatic rings. The summed E-state index contributed by atoms with van der Waals surface area (Å²) in [5.41, 5.74) is 1.34. The first-order chi connectivity index (χ1) is 11.5. The molecular formula is C17H17NO4S2. The molecule has 1 saturated heterocycles. The SMILES string of the molecule is O=C(O)c1cc(-c2ccccc2)cc(S(=O)(=O)N2CCSCC2)c1. The highest BCUT2D eigenvalue weighted by molar-refractivity contribution is 7.99. The lowest BCUT2D eigenvalue weighted by Gasteiger charge is -2.26. The highest BCUT2D eigenvalue weighted by atomic mass is 32.2. The van der Waals surface area contributed by atoms with Gasteiger partial charge in [0.05, 0.1) is 10.5 Å². The van der Waals surface area contributed by atoms with Crippen molar-refractivity contribution in [3.05, 3.63) is 54.1 Å². The summed E-state index contributed by atoms with van der Waals surface area (Å²) in [6.45, 7) is 0.899. The van der Waals surface area contributed by atoms with Crippen LogP contribution in [0.2, 0.25) is 0 Å². The number of benzene rings is 2. The molecule has 126 valence electrons. The van der Waals surface area contributed by atoms with Crippen LogP contribution in [0.25, 0.3) is 11.1 Å². The van der Waals surface area contributed by atoms with Crippen molar-refractivity contribution in [1.82, 2.24) is 4.31 Å². The molecule has 1 fully saturated rings. The van der Waals surface area contributed by atoms with Crippen LogP contribution in [0.5, 0.6) is 0 Å². The fourth-order valence-corrected chi connectivity index (χ4v) is 5.25. The van der Waals surface area contributed by atoms with Gasteiger partial charge in [-0.15, -0.1) is 0 Å². The average molecular weight is 363 g/mol. The molecule has 0 aromatic heterocycles. The zero-order chi connectivity index (χ0) is 17.2. The van der Waals surface area contributed by atoms with E-state index in [1.807, 2.05) is 30.3 Å². The summed E-state index contributed by atoms with van der Waals surface area (Å²) < 4.78 is 27.2. The van der Waals surface area contributed by atoms with Gasteiger partial charge >= 0.3 is 5.97 Å². The summed E-state index contributed by atoms with van der Waals surface area (Å²) >= 11 is 1.72. The third-order valence-electron chi connectivity index (χ3n) is 3.87. The largest absolute Gasteiger partial charge is 0.478 e. The maximum absolute atomic E-state index is 12.9. The molecule has 0 radical (unpaired) electrons. The average Bonchev–Trinajstić information content (AvgIpc) is 2.62. The van der Waals surface area contributed by atoms with Gasteiger partial charge in [0.15, 0.2) is 0 Å². The zero-order valence-corrected chi connectivity index (χ0v) is 14.5. The van der Waals surface area contributed by atoms with Crippen LogP contribution in [-0.2, 0) is 10.0 Å². The summed E-state index contributed by atoms with van der Waals surface area (Å²) in [5.74, 6) is 0.366. The Labute approximate surface area is 145 Å². The van der Waals surface area contributed by atoms with Gasteiger partial charge in [0, 0.05) is 24.6 Å². The molecule has 0 unspecified atom stereocenters. The van der Waals surface area contributed by atoms with E-state index >= 15 is 0 Å². The van der Waals surface area contributed by atoms with Crippen LogP contribution in [-0.4, -0.2) is 48.4 Å². The van der Waals surface area contributed by atoms with Gasteiger partial charge in [-0.1, -0.05) is 30.3 Å². The van der Waals surface area contributed by atoms with E-state index in [1.165, 1.54) is 16.4 Å². The molecule has 0 spiro atoms. The topological polar surface area (TPSA) is 74.7 Å². The van der Waals surface area contributed by atoms with E-state index in [4.69, 9.17) is 0 Å². The normalized spacial score (nSPS) is 16.0. The molecule has 24 heavy (non-hydrogen) atoms. The number of aromatic carboxylic acids is 1. The van der Waals surface area contributed by atoms with Crippen LogP contribution in [0.4, 0.5) is 0 Å². The van der Waals surface area contributed by atoms with Gasteiger partial charge in [0.1, 0.15) is 0 Å². The third kappa shape index (κ3) is 3.48. The summed E-state index contributed by atoms with van der Waals surface area (Å²) in [4.78, 5) is 11.5. The molecule has 2 aromatic rings. The number of carboxylic acid groups (broad SMARTS) is 1. The predicted molar refractivity (Wildman–Crippen MR) is 94.9 cm³/mol. The molecule has 2 aromatic carbocycles. The van der Waals surface area contributed by atoms with Gasteiger partial charge in [-0.3, -0.25) is 0 Å². The Morgan fingerprint density at radius 1 is 1.00 bits per heavy atom. The predicted octanol–water partition coefficient (Wildman–Crippen LogP) is 2.79. The van der Waals surface area contributed by atoms with E-state index in [2.05, 4.69) is 0 Å². The second-order valence-electron chi connectivity index (χ2n) is 5.43. The molecule has 3 rings (SSSR count). The van der Waals surface area contributed by atoms with Crippen LogP contribution in [0.3, 0.4) is 0 Å². The monoisotopic (exact) mass is 363 g/mol. The molecule has 0 aliphatic carbocycles. The summed E-state index contributed by atoms with van der Waals surface area (Å²) in [6.07, 6.45) is 0. The molecule has 0 atom stereocenters. The number of hydrogen-bond acceptors (Lipinski definition) is 4. The number of sulfonamides is 1. The summed E-state index contributed by atoms with van der Waals surface area (Å²) in [5, 5.41) is 9.34. The standard InChI is InChI=1S/C17H17NO4S2/c19-17(20)15-10-14(13-4-2-1-3-5-13)11-16(12-15)24(21,22)18-6-8-23-9-7-18/h1-5,10-12H,6-9H2,(H,19,20). The van der Waals surface area contributed by atoms with E-state index in [0.29, 0.717) is 18.7 Å². The maximum atomic E-state index is 12.9. The van der Waals surface area contributed by atoms with Crippen LogP contribution >= 0.6 is 11.8 Å². The number of thioether (sulfide) groups is 1. The first-order valence-corrected chi connectivity index (χ1v) is 10.1. The Hall–Kier alpha value is -1.83. The number of carbonyl (C=O) groups is 1. The van der Waals surface area contributed by atoms with E-state index in [9.17, 15) is 18.3 Å². The Kier molecular flexibility index (Phi) is 4.93. The molecule has 1 aliphatic heterocycles. The van der Waals surface area contributed by atoms with Crippen LogP contribution in [0.1, 0.15) is 10.4 Å². The summed E-state index contributed by atoms with van der Waals surface area (Å²) in [6, 6.07) is 13.5. The van der Waals surface area contributed by atoms with Crippen molar-refractivity contribution in [2.24, 2.45) is 0 Å². The van der Waals surface area contributed by atoms with E-state index in [-0.39, 0.29) is 10.5 Å². The van der Waals surface area contributed by atoms with E-state index < -0.39 is 16.0 Å². The van der Waals surface area contributed by atoms with Crippen molar-refractivity contribution >= 4 is 27.8 Å². The Balaban J connectivity index is 2.10. The van der Waals surface area contributed by atoms with E-state index in [1.54, 1.807) is 17.8 Å². The molecule has 0 bridgehead atoms. The maximum Gasteiger partial charge on any atom is 0.335 e. The van der Waals surface area contributed by atoms with Crippen molar-refractivity contribution in [2.45, 2.75) is 4.90 Å². The first-order valence-electron chi connectivity index (χ1n) is 7.50. The Bertz CT molecular complexity index is 844. The van der Waals surface area contributed by atoms with Crippen molar-refractivity contribution in [3.63, 3.8) is 0 Å². The highest BCUT2D eigenvalue weighted by Crippen LogP contribution is 2.27. The fourth-order valence-electron chi connectivity index (χ4n) is 2.60. The van der Waals surface area contributed by atoms with Crippen LogP contribution < -0.4 is 0 Å². The van der Waals surface area contributed by atoms with Crippen molar-refractivity contribution in [3.8, 4) is 11.1 Å². The second kappa shape index (κ2) is 6.96. The molecule has 0 saturated carbocycles. The lowest BCUT2D eigenvalue weighted by molar-refractivity contribution is 0.0696. The first kappa shape index (κ1) is 17.0. The van der Waals surface area contributed by atoms with Crippen molar-refractivity contribution in [2.75, 3.05) is 24.6 Å². The lowest BCUT2D eigenvalue weighted by atomic mass is 10.0. The number of rotatable bonds is 4. The molecule has 0 amide bonds. The van der Waals surface area contributed by atoms with Gasteiger partial charge in [0.25, 0.3) is 0 Å². The number of hydrogen-bond donors (Lipinski definition) is 1. The van der Waals surface area contributed by atoms with Crippen LogP contribution in [0, 0.1) is 0 Å². The van der Waals surface area contributed by atoms with Crippen molar-refractivity contribution < 1.29 is 18.3 Å². The Morgan fingerprint density at radius 3 is 2.29 bits per heavy atom. The lowest BCUT2D eigenvalue weighted by Crippen LogP contribution is -2.37. The minimum Gasteiger partial charge on any atom is -0.478 e. The highest BCUT2D eigenvalue weighted by Gasteiger charge is 2.27. The van der Waals surface area contributed by atoms with Gasteiger partial charge in [-0.2, -0.15) is 16.1 Å².